The van der Waals surface area contributed by atoms with Gasteiger partial charge in [-0.05, 0) is 56.1 Å². The molecule has 6 heteroatoms. The average Bonchev–Trinajstić information content (AvgIpc) is 3.16. The van der Waals surface area contributed by atoms with E-state index in [1.165, 1.54) is 16.5 Å². The highest BCUT2D eigenvalue weighted by molar-refractivity contribution is 5.87. The Morgan fingerprint density at radius 3 is 2.52 bits per heavy atom. The molecule has 33 heavy (non-hydrogen) atoms. The first-order valence-corrected chi connectivity index (χ1v) is 11.6. The van der Waals surface area contributed by atoms with Gasteiger partial charge < -0.3 is 24.5 Å². The Kier molecular flexibility index (Phi) is 7.82. The Hall–Kier alpha value is -2.83. The summed E-state index contributed by atoms with van der Waals surface area (Å²) in [5.74, 6) is 0.331. The zero-order chi connectivity index (χ0) is 24.2. The Morgan fingerprint density at radius 1 is 1.15 bits per heavy atom. The van der Waals surface area contributed by atoms with Crippen molar-refractivity contribution in [1.29, 1.82) is 0 Å². The van der Waals surface area contributed by atoms with Gasteiger partial charge in [-0.15, -0.1) is 0 Å². The third-order valence-corrected chi connectivity index (χ3v) is 6.64. The van der Waals surface area contributed by atoms with Gasteiger partial charge >= 0.3 is 5.97 Å². The van der Waals surface area contributed by atoms with Crippen LogP contribution in [-0.4, -0.2) is 47.5 Å². The van der Waals surface area contributed by atoms with Crippen LogP contribution in [0.25, 0.3) is 22.2 Å². The molecule has 3 aromatic rings. The van der Waals surface area contributed by atoms with E-state index >= 15 is 0 Å². The molecule has 0 radical (unpaired) electrons. The number of benzene rings is 2. The van der Waals surface area contributed by atoms with Crippen molar-refractivity contribution in [2.45, 2.75) is 45.8 Å². The molecule has 2 N–H and O–H groups in total. The van der Waals surface area contributed by atoms with E-state index in [9.17, 15) is 9.90 Å². The first kappa shape index (κ1) is 24.8. The van der Waals surface area contributed by atoms with Crippen LogP contribution in [-0.2, 0) is 23.0 Å². The van der Waals surface area contributed by atoms with Crippen LogP contribution in [0.5, 0.6) is 5.75 Å². The fraction of sp³-hybridized carbons (Fsp3) is 0.444. The SMILES string of the molecule is CCc1ccc(OCC(O)COC(=O)C(C)(NC)C(C)C)cc1-c1cc2ccccc2n1C. The predicted octanol–water partition coefficient (Wildman–Crippen LogP) is 4.32. The van der Waals surface area contributed by atoms with Gasteiger partial charge in [-0.1, -0.05) is 45.0 Å². The molecular weight excluding hydrogens is 416 g/mol. The maximum Gasteiger partial charge on any atom is 0.326 e. The number of fused-ring (bicyclic) bond motifs is 1. The van der Waals surface area contributed by atoms with E-state index in [0.717, 1.165) is 17.7 Å². The Balaban J connectivity index is 1.70. The third kappa shape index (κ3) is 5.23. The summed E-state index contributed by atoms with van der Waals surface area (Å²) in [6.07, 6.45) is -0.0235. The number of hydrogen-bond donors (Lipinski definition) is 2. The largest absolute Gasteiger partial charge is 0.491 e. The molecule has 3 rings (SSSR count). The Bertz CT molecular complexity index is 1100. The summed E-state index contributed by atoms with van der Waals surface area (Å²) >= 11 is 0. The van der Waals surface area contributed by atoms with E-state index in [1.807, 2.05) is 38.1 Å². The lowest BCUT2D eigenvalue weighted by Crippen LogP contribution is -2.53. The summed E-state index contributed by atoms with van der Waals surface area (Å²) in [5, 5.41) is 14.5. The van der Waals surface area contributed by atoms with Gasteiger partial charge in [-0.3, -0.25) is 4.79 Å². The fourth-order valence-corrected chi connectivity index (χ4v) is 3.93. The van der Waals surface area contributed by atoms with Crippen molar-refractivity contribution in [3.63, 3.8) is 0 Å². The first-order valence-electron chi connectivity index (χ1n) is 11.6. The maximum atomic E-state index is 12.5. The molecule has 0 fully saturated rings. The summed E-state index contributed by atoms with van der Waals surface area (Å²) in [6.45, 7) is 7.75. The molecule has 2 atom stereocenters. The smallest absolute Gasteiger partial charge is 0.326 e. The molecule has 6 nitrogen and oxygen atoms in total. The summed E-state index contributed by atoms with van der Waals surface area (Å²) in [4.78, 5) is 12.5. The topological polar surface area (TPSA) is 72.7 Å². The minimum Gasteiger partial charge on any atom is -0.491 e. The number of esters is 1. The van der Waals surface area contributed by atoms with Crippen LogP contribution in [0.15, 0.2) is 48.5 Å². The van der Waals surface area contributed by atoms with Crippen molar-refractivity contribution in [2.24, 2.45) is 13.0 Å². The van der Waals surface area contributed by atoms with Crippen LogP contribution in [0, 0.1) is 5.92 Å². The van der Waals surface area contributed by atoms with Crippen LogP contribution < -0.4 is 10.1 Å². The summed E-state index contributed by atoms with van der Waals surface area (Å²) in [7, 11) is 3.80. The van der Waals surface area contributed by atoms with Crippen molar-refractivity contribution >= 4 is 16.9 Å². The molecule has 0 amide bonds. The number of likely N-dealkylation sites (N-methyl/N-ethyl adjacent to an activating group) is 1. The Morgan fingerprint density at radius 2 is 1.88 bits per heavy atom. The van der Waals surface area contributed by atoms with Crippen molar-refractivity contribution < 1.29 is 19.4 Å². The fourth-order valence-electron chi connectivity index (χ4n) is 3.93. The predicted molar refractivity (Wildman–Crippen MR) is 132 cm³/mol. The lowest BCUT2D eigenvalue weighted by molar-refractivity contribution is -0.156. The number of carbonyl (C=O) groups is 1. The van der Waals surface area contributed by atoms with Gasteiger partial charge in [0.05, 0.1) is 0 Å². The number of para-hydroxylation sites is 1. The molecule has 0 spiro atoms. The summed E-state index contributed by atoms with van der Waals surface area (Å²) < 4.78 is 13.4. The van der Waals surface area contributed by atoms with Crippen molar-refractivity contribution in [3.8, 4) is 17.0 Å². The molecule has 2 aromatic carbocycles. The van der Waals surface area contributed by atoms with Crippen LogP contribution in [0.2, 0.25) is 0 Å². The average molecular weight is 453 g/mol. The number of aliphatic hydroxyl groups excluding tert-OH is 1. The molecule has 0 saturated heterocycles. The minimum absolute atomic E-state index is 0.0330. The second kappa shape index (κ2) is 10.4. The van der Waals surface area contributed by atoms with Crippen LogP contribution >= 0.6 is 0 Å². The van der Waals surface area contributed by atoms with E-state index < -0.39 is 11.6 Å². The molecule has 1 aromatic heterocycles. The number of aromatic nitrogens is 1. The highest BCUT2D eigenvalue weighted by atomic mass is 16.6. The van der Waals surface area contributed by atoms with E-state index in [1.54, 1.807) is 14.0 Å². The number of aliphatic hydroxyl groups is 1. The summed E-state index contributed by atoms with van der Waals surface area (Å²) in [6, 6.07) is 16.5. The molecule has 0 aliphatic carbocycles. The van der Waals surface area contributed by atoms with Gasteiger partial charge in [0.1, 0.15) is 30.6 Å². The monoisotopic (exact) mass is 452 g/mol. The third-order valence-electron chi connectivity index (χ3n) is 6.64. The number of hydrogen-bond acceptors (Lipinski definition) is 5. The highest BCUT2D eigenvalue weighted by Gasteiger charge is 2.36. The zero-order valence-corrected chi connectivity index (χ0v) is 20.5. The molecule has 2 unspecified atom stereocenters. The normalized spacial score (nSPS) is 14.3. The summed E-state index contributed by atoms with van der Waals surface area (Å²) in [5.41, 5.74) is 3.82. The number of nitrogens with one attached hydrogen (secondary N) is 1. The molecule has 0 aliphatic heterocycles. The van der Waals surface area contributed by atoms with Gasteiger partial charge in [0.25, 0.3) is 0 Å². The number of aryl methyl sites for hydroxylation is 2. The van der Waals surface area contributed by atoms with E-state index in [4.69, 9.17) is 9.47 Å². The number of carbonyl (C=O) groups excluding carboxylic acids is 1. The minimum atomic E-state index is -0.922. The second-order valence-electron chi connectivity index (χ2n) is 8.99. The van der Waals surface area contributed by atoms with Gasteiger partial charge in [0, 0.05) is 29.2 Å². The van der Waals surface area contributed by atoms with Crippen LogP contribution in [0.1, 0.15) is 33.3 Å². The zero-order valence-electron chi connectivity index (χ0n) is 20.5. The van der Waals surface area contributed by atoms with Gasteiger partial charge in [-0.25, -0.2) is 0 Å². The highest BCUT2D eigenvalue weighted by Crippen LogP contribution is 2.32. The van der Waals surface area contributed by atoms with E-state index in [2.05, 4.69) is 48.1 Å². The standard InChI is InChI=1S/C27H36N2O4/c1-7-19-12-13-22(15-23(19)25-14-20-10-8-9-11-24(20)29(25)6)32-16-21(30)17-33-26(31)27(4,28-5)18(2)3/h8-15,18,21,28,30H,7,16-17H2,1-6H3. The second-order valence-corrected chi connectivity index (χ2v) is 8.99. The van der Waals surface area contributed by atoms with Gasteiger partial charge in [0.15, 0.2) is 0 Å². The van der Waals surface area contributed by atoms with Gasteiger partial charge in [0.2, 0.25) is 0 Å². The van der Waals surface area contributed by atoms with Gasteiger partial charge in [-0.2, -0.15) is 0 Å². The molecule has 0 aliphatic rings. The van der Waals surface area contributed by atoms with E-state index in [-0.39, 0.29) is 25.1 Å². The van der Waals surface area contributed by atoms with Crippen molar-refractivity contribution in [2.75, 3.05) is 20.3 Å². The Labute approximate surface area is 196 Å². The van der Waals surface area contributed by atoms with Crippen LogP contribution in [0.4, 0.5) is 0 Å². The lowest BCUT2D eigenvalue weighted by atomic mass is 9.89. The first-order chi connectivity index (χ1) is 15.7. The molecule has 0 bridgehead atoms. The van der Waals surface area contributed by atoms with Crippen LogP contribution in [0.3, 0.4) is 0 Å². The number of nitrogens with zero attached hydrogens (tertiary/aromatic N) is 1. The number of rotatable bonds is 10. The molecule has 1 heterocycles. The quantitative estimate of drug-likeness (QED) is 0.448. The maximum absolute atomic E-state index is 12.5. The molecule has 178 valence electrons. The lowest BCUT2D eigenvalue weighted by Gasteiger charge is -2.31. The molecular formula is C27H36N2O4. The van der Waals surface area contributed by atoms with E-state index in [0.29, 0.717) is 5.75 Å². The number of ether oxygens (including phenoxy) is 2. The van der Waals surface area contributed by atoms with Crippen molar-refractivity contribution in [3.05, 3.63) is 54.1 Å². The molecule has 0 saturated carbocycles. The van der Waals surface area contributed by atoms with Crippen molar-refractivity contribution in [1.82, 2.24) is 9.88 Å².